The van der Waals surface area contributed by atoms with Gasteiger partial charge in [0.25, 0.3) is 0 Å². The zero-order valence-corrected chi connectivity index (χ0v) is 12.5. The number of aryl methyl sites for hydroxylation is 3. The number of rotatable bonds is 6. The Morgan fingerprint density at radius 2 is 1.67 bits per heavy atom. The molecule has 0 aliphatic rings. The van der Waals surface area contributed by atoms with Crippen molar-refractivity contribution in [1.29, 1.82) is 0 Å². The van der Waals surface area contributed by atoms with Gasteiger partial charge in [-0.15, -0.1) is 0 Å². The summed E-state index contributed by atoms with van der Waals surface area (Å²) in [4.78, 5) is 0. The number of nitrogens with two attached hydrogens (primary N) is 1. The van der Waals surface area contributed by atoms with Gasteiger partial charge in [-0.3, -0.25) is 0 Å². The van der Waals surface area contributed by atoms with E-state index < -0.39 is 0 Å². The molecule has 0 fully saturated rings. The fraction of sp³-hybridized carbons (Fsp3) is 0.625. The SMILES string of the molecule is Cc1cc(C)c(CCNC(CN)C(C)C)cc1C. The largest absolute Gasteiger partial charge is 0.329 e. The minimum absolute atomic E-state index is 0.428. The molecule has 1 aromatic carbocycles. The maximum absolute atomic E-state index is 5.76. The predicted molar refractivity (Wildman–Crippen MR) is 80.0 cm³/mol. The van der Waals surface area contributed by atoms with Crippen LogP contribution in [0.4, 0.5) is 0 Å². The van der Waals surface area contributed by atoms with Gasteiger partial charge in [0.1, 0.15) is 0 Å². The van der Waals surface area contributed by atoms with Crippen LogP contribution in [0.1, 0.15) is 36.1 Å². The molecule has 2 nitrogen and oxygen atoms in total. The van der Waals surface area contributed by atoms with E-state index in [1.807, 2.05) is 0 Å². The van der Waals surface area contributed by atoms with Gasteiger partial charge < -0.3 is 11.1 Å². The lowest BCUT2D eigenvalue weighted by Crippen LogP contribution is -2.41. The first-order chi connectivity index (χ1) is 8.45. The number of hydrogen-bond donors (Lipinski definition) is 2. The molecule has 2 heteroatoms. The molecule has 0 spiro atoms. The summed E-state index contributed by atoms with van der Waals surface area (Å²) in [6.45, 7) is 12.7. The molecule has 102 valence electrons. The minimum atomic E-state index is 0.428. The molecule has 18 heavy (non-hydrogen) atoms. The van der Waals surface area contributed by atoms with Crippen molar-refractivity contribution in [3.8, 4) is 0 Å². The first kappa shape index (κ1) is 15.2. The van der Waals surface area contributed by atoms with Crippen LogP contribution in [0.25, 0.3) is 0 Å². The Bertz CT molecular complexity index is 383. The van der Waals surface area contributed by atoms with Gasteiger partial charge in [0.15, 0.2) is 0 Å². The summed E-state index contributed by atoms with van der Waals surface area (Å²) in [5.41, 5.74) is 11.4. The van der Waals surface area contributed by atoms with Gasteiger partial charge in [0, 0.05) is 12.6 Å². The predicted octanol–water partition coefficient (Wildman–Crippen LogP) is 2.73. The minimum Gasteiger partial charge on any atom is -0.329 e. The molecule has 0 aromatic heterocycles. The molecule has 1 atom stereocenters. The Morgan fingerprint density at radius 1 is 1.06 bits per heavy atom. The highest BCUT2D eigenvalue weighted by Crippen LogP contribution is 2.15. The summed E-state index contributed by atoms with van der Waals surface area (Å²) >= 11 is 0. The van der Waals surface area contributed by atoms with Gasteiger partial charge >= 0.3 is 0 Å². The van der Waals surface area contributed by atoms with E-state index in [1.165, 1.54) is 22.3 Å². The molecule has 3 N–H and O–H groups in total. The smallest absolute Gasteiger partial charge is 0.0213 e. The van der Waals surface area contributed by atoms with Crippen molar-refractivity contribution < 1.29 is 0 Å². The van der Waals surface area contributed by atoms with Crippen molar-refractivity contribution in [2.45, 2.75) is 47.1 Å². The molecule has 0 saturated heterocycles. The standard InChI is InChI=1S/C16H28N2/c1-11(2)16(10-17)18-7-6-15-9-13(4)12(3)8-14(15)5/h8-9,11,16,18H,6-7,10,17H2,1-5H3. The Hall–Kier alpha value is -0.860. The summed E-state index contributed by atoms with van der Waals surface area (Å²) in [7, 11) is 0. The summed E-state index contributed by atoms with van der Waals surface area (Å²) in [6, 6.07) is 5.03. The van der Waals surface area contributed by atoms with Crippen LogP contribution in [0.15, 0.2) is 12.1 Å². The molecule has 1 unspecified atom stereocenters. The topological polar surface area (TPSA) is 38.0 Å². The van der Waals surface area contributed by atoms with E-state index in [-0.39, 0.29) is 0 Å². The summed E-state index contributed by atoms with van der Waals surface area (Å²) in [6.07, 6.45) is 1.08. The Labute approximate surface area is 112 Å². The average molecular weight is 248 g/mol. The molecule has 0 bridgehead atoms. The van der Waals surface area contributed by atoms with E-state index >= 15 is 0 Å². The van der Waals surface area contributed by atoms with E-state index in [2.05, 4.69) is 52.1 Å². The van der Waals surface area contributed by atoms with Crippen LogP contribution in [-0.4, -0.2) is 19.1 Å². The second-order valence-electron chi connectivity index (χ2n) is 5.65. The first-order valence-corrected chi connectivity index (χ1v) is 6.96. The second kappa shape index (κ2) is 6.91. The van der Waals surface area contributed by atoms with Gasteiger partial charge in [-0.25, -0.2) is 0 Å². The van der Waals surface area contributed by atoms with E-state index in [0.717, 1.165) is 13.0 Å². The molecule has 0 saturated carbocycles. The van der Waals surface area contributed by atoms with Crippen molar-refractivity contribution in [2.24, 2.45) is 11.7 Å². The third kappa shape index (κ3) is 4.11. The van der Waals surface area contributed by atoms with E-state index in [0.29, 0.717) is 18.5 Å². The Morgan fingerprint density at radius 3 is 2.22 bits per heavy atom. The van der Waals surface area contributed by atoms with Crippen molar-refractivity contribution in [3.63, 3.8) is 0 Å². The fourth-order valence-electron chi connectivity index (χ4n) is 2.27. The lowest BCUT2D eigenvalue weighted by molar-refractivity contribution is 0.409. The average Bonchev–Trinajstić information content (AvgIpc) is 2.30. The molecule has 1 rings (SSSR count). The molecule has 1 aromatic rings. The van der Waals surface area contributed by atoms with Gasteiger partial charge in [0.05, 0.1) is 0 Å². The third-order valence-electron chi connectivity index (χ3n) is 3.81. The highest BCUT2D eigenvalue weighted by molar-refractivity contribution is 5.36. The van der Waals surface area contributed by atoms with Crippen molar-refractivity contribution in [1.82, 2.24) is 5.32 Å². The molecule has 0 aliphatic carbocycles. The van der Waals surface area contributed by atoms with Crippen molar-refractivity contribution >= 4 is 0 Å². The van der Waals surface area contributed by atoms with E-state index in [4.69, 9.17) is 5.73 Å². The number of benzene rings is 1. The van der Waals surface area contributed by atoms with Gasteiger partial charge in [-0.05, 0) is 61.9 Å². The molecule has 0 amide bonds. The van der Waals surface area contributed by atoms with E-state index in [9.17, 15) is 0 Å². The third-order valence-corrected chi connectivity index (χ3v) is 3.81. The highest BCUT2D eigenvalue weighted by Gasteiger charge is 2.10. The lowest BCUT2D eigenvalue weighted by Gasteiger charge is -2.21. The molecule has 0 aliphatic heterocycles. The first-order valence-electron chi connectivity index (χ1n) is 6.96. The molecular weight excluding hydrogens is 220 g/mol. The summed E-state index contributed by atoms with van der Waals surface area (Å²) in [5.74, 6) is 0.593. The van der Waals surface area contributed by atoms with E-state index in [1.54, 1.807) is 0 Å². The van der Waals surface area contributed by atoms with Crippen LogP contribution < -0.4 is 11.1 Å². The van der Waals surface area contributed by atoms with Crippen LogP contribution in [0.2, 0.25) is 0 Å². The summed E-state index contributed by atoms with van der Waals surface area (Å²) in [5, 5.41) is 3.55. The van der Waals surface area contributed by atoms with Crippen LogP contribution in [0.5, 0.6) is 0 Å². The zero-order chi connectivity index (χ0) is 13.7. The zero-order valence-electron chi connectivity index (χ0n) is 12.5. The Balaban J connectivity index is 2.56. The number of hydrogen-bond acceptors (Lipinski definition) is 2. The van der Waals surface area contributed by atoms with Crippen LogP contribution >= 0.6 is 0 Å². The van der Waals surface area contributed by atoms with Crippen LogP contribution in [0.3, 0.4) is 0 Å². The number of nitrogens with one attached hydrogen (secondary N) is 1. The lowest BCUT2D eigenvalue weighted by atomic mass is 9.98. The van der Waals surface area contributed by atoms with Crippen LogP contribution in [0, 0.1) is 26.7 Å². The maximum atomic E-state index is 5.76. The van der Waals surface area contributed by atoms with Gasteiger partial charge in [-0.2, -0.15) is 0 Å². The quantitative estimate of drug-likeness (QED) is 0.812. The van der Waals surface area contributed by atoms with Gasteiger partial charge in [-0.1, -0.05) is 26.0 Å². The molecule has 0 radical (unpaired) electrons. The fourth-order valence-corrected chi connectivity index (χ4v) is 2.27. The molecular formula is C16H28N2. The van der Waals surface area contributed by atoms with Crippen LogP contribution in [-0.2, 0) is 6.42 Å². The normalized spacial score (nSPS) is 13.1. The van der Waals surface area contributed by atoms with Crippen molar-refractivity contribution in [3.05, 3.63) is 34.4 Å². The second-order valence-corrected chi connectivity index (χ2v) is 5.65. The maximum Gasteiger partial charge on any atom is 0.0213 e. The Kier molecular flexibility index (Phi) is 5.83. The highest BCUT2D eigenvalue weighted by atomic mass is 14.9. The molecule has 0 heterocycles. The summed E-state index contributed by atoms with van der Waals surface area (Å²) < 4.78 is 0. The van der Waals surface area contributed by atoms with Gasteiger partial charge in [0.2, 0.25) is 0 Å². The monoisotopic (exact) mass is 248 g/mol. The van der Waals surface area contributed by atoms with Crippen molar-refractivity contribution in [2.75, 3.05) is 13.1 Å².